The Labute approximate surface area is 204 Å². The third-order valence-electron chi connectivity index (χ3n) is 6.78. The van der Waals surface area contributed by atoms with E-state index in [9.17, 15) is 15.0 Å². The molecule has 2 aromatic rings. The molecule has 2 unspecified atom stereocenters. The largest absolute Gasteiger partial charge is 0.388 e. The highest BCUT2D eigenvalue weighted by atomic mass is 16.3. The van der Waals surface area contributed by atoms with E-state index in [2.05, 4.69) is 13.2 Å². The quantitative estimate of drug-likeness (QED) is 0.517. The number of carbonyl (C=O) groups excluding carboxylic acids is 1. The molecule has 1 heterocycles. The molecule has 5 heteroatoms. The Kier molecular flexibility index (Phi) is 9.08. The van der Waals surface area contributed by atoms with Gasteiger partial charge >= 0.3 is 6.03 Å². The molecule has 0 radical (unpaired) electrons. The van der Waals surface area contributed by atoms with Crippen molar-refractivity contribution in [3.8, 4) is 0 Å². The van der Waals surface area contributed by atoms with Gasteiger partial charge in [-0.1, -0.05) is 86.7 Å². The third kappa shape index (κ3) is 6.16. The van der Waals surface area contributed by atoms with Gasteiger partial charge in [0, 0.05) is 13.1 Å². The van der Waals surface area contributed by atoms with Gasteiger partial charge in [-0.3, -0.25) is 0 Å². The van der Waals surface area contributed by atoms with Crippen LogP contribution in [0.4, 0.5) is 4.79 Å². The van der Waals surface area contributed by atoms with Crippen LogP contribution in [0.25, 0.3) is 0 Å². The summed E-state index contributed by atoms with van der Waals surface area (Å²) in [4.78, 5) is 17.6. The summed E-state index contributed by atoms with van der Waals surface area (Å²) in [5, 5.41) is 23.0. The van der Waals surface area contributed by atoms with Crippen LogP contribution in [0.1, 0.15) is 25.0 Å². The van der Waals surface area contributed by atoms with Gasteiger partial charge in [-0.25, -0.2) is 4.79 Å². The van der Waals surface area contributed by atoms with E-state index < -0.39 is 24.3 Å². The van der Waals surface area contributed by atoms with Crippen LogP contribution in [0.3, 0.4) is 0 Å². The molecule has 5 nitrogen and oxygen atoms in total. The number of benzene rings is 2. The molecular formula is C29H38N2O3. The summed E-state index contributed by atoms with van der Waals surface area (Å²) in [5.74, 6) is 0.0758. The minimum Gasteiger partial charge on any atom is -0.388 e. The minimum atomic E-state index is -1.10. The van der Waals surface area contributed by atoms with Crippen LogP contribution in [0.5, 0.6) is 0 Å². The van der Waals surface area contributed by atoms with Crippen molar-refractivity contribution < 1.29 is 15.0 Å². The van der Waals surface area contributed by atoms with Crippen molar-refractivity contribution in [2.24, 2.45) is 11.8 Å². The fraction of sp³-hybridized carbons (Fsp3) is 0.414. The van der Waals surface area contributed by atoms with Crippen LogP contribution in [0.2, 0.25) is 0 Å². The predicted octanol–water partition coefficient (Wildman–Crippen LogP) is 4.31. The standard InChI is InChI=1S/C29H38N2O3/c1-5-21(3)19-30-25(17-23-13-9-7-10-14-23)27(32)28(33)26(18-24-15-11-8-12-16-24)31(29(30)34)20-22(4)6-2/h5-16,21-22,25-28,32-33H,1-2,17-20H2,3-4H3/t21?,22?,25-,26-,27+,28+/m1/s1. The van der Waals surface area contributed by atoms with Crippen LogP contribution in [-0.2, 0) is 12.8 Å². The molecule has 2 N–H and O–H groups in total. The first-order valence-corrected chi connectivity index (χ1v) is 12.1. The molecule has 2 amide bonds. The lowest BCUT2D eigenvalue weighted by molar-refractivity contribution is -0.0405. The Bertz CT molecular complexity index is 857. The molecular weight excluding hydrogens is 424 g/mol. The van der Waals surface area contributed by atoms with Gasteiger partial charge in [0.15, 0.2) is 0 Å². The van der Waals surface area contributed by atoms with Gasteiger partial charge in [-0.05, 0) is 35.8 Å². The number of carbonyl (C=O) groups is 1. The Hall–Kier alpha value is -2.89. The Balaban J connectivity index is 2.05. The summed E-state index contributed by atoms with van der Waals surface area (Å²) in [5.41, 5.74) is 2.02. The first kappa shape index (κ1) is 25.7. The summed E-state index contributed by atoms with van der Waals surface area (Å²) in [6, 6.07) is 18.3. The summed E-state index contributed by atoms with van der Waals surface area (Å²) in [6.07, 6.45) is 2.35. The number of hydrogen-bond donors (Lipinski definition) is 2. The lowest BCUT2D eigenvalue weighted by Gasteiger charge is -2.37. The maximum atomic E-state index is 14.1. The molecule has 6 atom stereocenters. The molecule has 1 aliphatic heterocycles. The van der Waals surface area contributed by atoms with Crippen molar-refractivity contribution in [2.45, 2.75) is 51.0 Å². The molecule has 0 aliphatic carbocycles. The molecule has 182 valence electrons. The monoisotopic (exact) mass is 462 g/mol. The van der Waals surface area contributed by atoms with Crippen LogP contribution < -0.4 is 0 Å². The second kappa shape index (κ2) is 12.0. The number of nitrogens with zero attached hydrogens (tertiary/aromatic N) is 2. The molecule has 0 bridgehead atoms. The highest BCUT2D eigenvalue weighted by molar-refractivity contribution is 5.76. The van der Waals surface area contributed by atoms with E-state index in [-0.39, 0.29) is 17.9 Å². The second-order valence-electron chi connectivity index (χ2n) is 9.51. The number of aliphatic hydroxyl groups excluding tert-OH is 2. The van der Waals surface area contributed by atoms with Crippen molar-refractivity contribution in [2.75, 3.05) is 13.1 Å². The van der Waals surface area contributed by atoms with Gasteiger partial charge < -0.3 is 20.0 Å². The highest BCUT2D eigenvalue weighted by Gasteiger charge is 2.46. The third-order valence-corrected chi connectivity index (χ3v) is 6.78. The number of rotatable bonds is 10. The highest BCUT2D eigenvalue weighted by Crippen LogP contribution is 2.29. The van der Waals surface area contributed by atoms with Gasteiger partial charge in [0.2, 0.25) is 0 Å². The Morgan fingerprint density at radius 3 is 1.44 bits per heavy atom. The average Bonchev–Trinajstić information content (AvgIpc) is 2.92. The molecule has 0 saturated carbocycles. The molecule has 3 rings (SSSR count). The molecule has 0 spiro atoms. The molecule has 34 heavy (non-hydrogen) atoms. The summed E-state index contributed by atoms with van der Waals surface area (Å²) >= 11 is 0. The van der Waals surface area contributed by atoms with Gasteiger partial charge in [0.25, 0.3) is 0 Å². The van der Waals surface area contributed by atoms with Gasteiger partial charge in [0.1, 0.15) is 12.2 Å². The van der Waals surface area contributed by atoms with E-state index in [1.54, 1.807) is 9.80 Å². The topological polar surface area (TPSA) is 64.0 Å². The molecule has 1 fully saturated rings. The SMILES string of the molecule is C=CC(C)CN1C(=O)N(CC(C)C=C)[C@H](Cc2ccccc2)[C@H](O)[C@@H](O)[C@H]1Cc1ccccc1. The van der Waals surface area contributed by atoms with Crippen LogP contribution in [0, 0.1) is 11.8 Å². The first-order chi connectivity index (χ1) is 16.3. The Morgan fingerprint density at radius 1 is 0.765 bits per heavy atom. The van der Waals surface area contributed by atoms with E-state index in [0.717, 1.165) is 11.1 Å². The zero-order valence-electron chi connectivity index (χ0n) is 20.3. The van der Waals surface area contributed by atoms with Crippen LogP contribution in [-0.4, -0.2) is 63.4 Å². The molecule has 1 saturated heterocycles. The maximum Gasteiger partial charge on any atom is 0.320 e. The van der Waals surface area contributed by atoms with Crippen molar-refractivity contribution in [3.05, 3.63) is 97.1 Å². The van der Waals surface area contributed by atoms with E-state index in [0.29, 0.717) is 25.9 Å². The lowest BCUT2D eigenvalue weighted by Crippen LogP contribution is -2.53. The molecule has 1 aliphatic rings. The molecule has 2 aromatic carbocycles. The van der Waals surface area contributed by atoms with E-state index in [4.69, 9.17) is 0 Å². The summed E-state index contributed by atoms with van der Waals surface area (Å²) < 4.78 is 0. The first-order valence-electron chi connectivity index (χ1n) is 12.1. The zero-order valence-corrected chi connectivity index (χ0v) is 20.3. The van der Waals surface area contributed by atoms with Crippen molar-refractivity contribution in [1.82, 2.24) is 9.80 Å². The normalized spacial score (nSPS) is 24.9. The number of amides is 2. The number of urea groups is 1. The van der Waals surface area contributed by atoms with Gasteiger partial charge in [0.05, 0.1) is 12.1 Å². The van der Waals surface area contributed by atoms with E-state index in [1.165, 1.54) is 0 Å². The van der Waals surface area contributed by atoms with E-state index in [1.807, 2.05) is 86.7 Å². The fourth-order valence-corrected chi connectivity index (χ4v) is 4.64. The van der Waals surface area contributed by atoms with Crippen LogP contribution in [0.15, 0.2) is 86.0 Å². The average molecular weight is 463 g/mol. The summed E-state index contributed by atoms with van der Waals surface area (Å²) in [6.45, 7) is 12.6. The van der Waals surface area contributed by atoms with E-state index >= 15 is 0 Å². The van der Waals surface area contributed by atoms with Crippen LogP contribution >= 0.6 is 0 Å². The number of hydrogen-bond acceptors (Lipinski definition) is 3. The number of aliphatic hydroxyl groups is 2. The van der Waals surface area contributed by atoms with Crippen molar-refractivity contribution >= 4 is 6.03 Å². The Morgan fingerprint density at radius 2 is 1.12 bits per heavy atom. The van der Waals surface area contributed by atoms with Gasteiger partial charge in [-0.2, -0.15) is 0 Å². The van der Waals surface area contributed by atoms with Crippen molar-refractivity contribution in [1.29, 1.82) is 0 Å². The van der Waals surface area contributed by atoms with Crippen molar-refractivity contribution in [3.63, 3.8) is 0 Å². The second-order valence-corrected chi connectivity index (χ2v) is 9.51. The smallest absolute Gasteiger partial charge is 0.320 e. The summed E-state index contributed by atoms with van der Waals surface area (Å²) in [7, 11) is 0. The maximum absolute atomic E-state index is 14.1. The zero-order chi connectivity index (χ0) is 24.7. The lowest BCUT2D eigenvalue weighted by atomic mass is 9.90. The molecule has 0 aromatic heterocycles. The predicted molar refractivity (Wildman–Crippen MR) is 137 cm³/mol. The minimum absolute atomic E-state index is 0.0379. The van der Waals surface area contributed by atoms with Gasteiger partial charge in [-0.15, -0.1) is 13.2 Å². The fourth-order valence-electron chi connectivity index (χ4n) is 4.64.